The van der Waals surface area contributed by atoms with Crippen LogP contribution in [0.1, 0.15) is 33.1 Å². The monoisotopic (exact) mass is 494 g/mol. The summed E-state index contributed by atoms with van der Waals surface area (Å²) in [4.78, 5) is 22.0. The van der Waals surface area contributed by atoms with Crippen LogP contribution in [0.15, 0.2) is 59.8 Å². The average molecular weight is 495 g/mol. The zero-order chi connectivity index (χ0) is 24.1. The SMILES string of the molecule is COc1ccc(CNC(=O)c2nnn(-c3ccc(Cl)cc3)c2CSc2nc(C)cc(C)n2)cc1. The molecular formula is C24H23ClN6O2S. The van der Waals surface area contributed by atoms with Crippen molar-refractivity contribution in [3.05, 3.63) is 88.0 Å². The van der Waals surface area contributed by atoms with Crippen LogP contribution in [-0.4, -0.2) is 38.0 Å². The molecule has 0 radical (unpaired) electrons. The summed E-state index contributed by atoms with van der Waals surface area (Å²) >= 11 is 7.47. The average Bonchev–Trinajstić information content (AvgIpc) is 3.25. The molecule has 8 nitrogen and oxygen atoms in total. The lowest BCUT2D eigenvalue weighted by Crippen LogP contribution is -2.24. The summed E-state index contributed by atoms with van der Waals surface area (Å²) in [5.74, 6) is 0.853. The van der Waals surface area contributed by atoms with E-state index in [9.17, 15) is 4.79 Å². The van der Waals surface area contributed by atoms with E-state index in [1.807, 2.05) is 56.3 Å². The number of nitrogens with one attached hydrogen (secondary N) is 1. The third-order valence-electron chi connectivity index (χ3n) is 4.96. The Bertz CT molecular complexity index is 1270. The first-order valence-corrected chi connectivity index (χ1v) is 11.9. The number of rotatable bonds is 8. The van der Waals surface area contributed by atoms with Crippen LogP contribution in [0.2, 0.25) is 5.02 Å². The van der Waals surface area contributed by atoms with Gasteiger partial charge in [-0.1, -0.05) is 40.7 Å². The van der Waals surface area contributed by atoms with E-state index in [1.165, 1.54) is 11.8 Å². The normalized spacial score (nSPS) is 10.8. The summed E-state index contributed by atoms with van der Waals surface area (Å²) in [6.07, 6.45) is 0. The molecule has 0 atom stereocenters. The molecule has 1 N–H and O–H groups in total. The van der Waals surface area contributed by atoms with Crippen LogP contribution in [-0.2, 0) is 12.3 Å². The Morgan fingerprint density at radius 2 is 1.74 bits per heavy atom. The molecule has 0 aliphatic rings. The van der Waals surface area contributed by atoms with Crippen molar-refractivity contribution >= 4 is 29.3 Å². The number of ether oxygens (including phenoxy) is 1. The molecule has 0 bridgehead atoms. The fraction of sp³-hybridized carbons (Fsp3) is 0.208. The molecule has 174 valence electrons. The molecule has 4 aromatic rings. The first-order chi connectivity index (χ1) is 16.4. The highest BCUT2D eigenvalue weighted by Crippen LogP contribution is 2.24. The zero-order valence-electron chi connectivity index (χ0n) is 18.9. The predicted molar refractivity (Wildman–Crippen MR) is 132 cm³/mol. The lowest BCUT2D eigenvalue weighted by molar-refractivity contribution is 0.0945. The molecule has 2 aromatic carbocycles. The molecule has 0 unspecified atom stereocenters. The Morgan fingerprint density at radius 1 is 1.06 bits per heavy atom. The van der Waals surface area contributed by atoms with Crippen LogP contribution >= 0.6 is 23.4 Å². The van der Waals surface area contributed by atoms with Gasteiger partial charge in [0.05, 0.1) is 18.5 Å². The molecule has 1 amide bonds. The number of nitrogens with zero attached hydrogens (tertiary/aromatic N) is 5. The first-order valence-electron chi connectivity index (χ1n) is 10.5. The molecule has 4 rings (SSSR count). The number of hydrogen-bond acceptors (Lipinski definition) is 7. The van der Waals surface area contributed by atoms with E-state index in [0.717, 1.165) is 28.4 Å². The first kappa shape index (κ1) is 23.7. The highest BCUT2D eigenvalue weighted by atomic mass is 35.5. The zero-order valence-corrected chi connectivity index (χ0v) is 20.5. The summed E-state index contributed by atoms with van der Waals surface area (Å²) in [7, 11) is 1.61. The molecule has 10 heteroatoms. The van der Waals surface area contributed by atoms with E-state index in [2.05, 4.69) is 25.6 Å². The van der Waals surface area contributed by atoms with Gasteiger partial charge in [0.15, 0.2) is 10.9 Å². The van der Waals surface area contributed by atoms with Gasteiger partial charge < -0.3 is 10.1 Å². The van der Waals surface area contributed by atoms with Gasteiger partial charge in [-0.3, -0.25) is 4.79 Å². The van der Waals surface area contributed by atoms with Crippen molar-refractivity contribution in [3.8, 4) is 11.4 Å². The van der Waals surface area contributed by atoms with E-state index in [-0.39, 0.29) is 11.6 Å². The maximum absolute atomic E-state index is 13.1. The number of methoxy groups -OCH3 is 1. The maximum Gasteiger partial charge on any atom is 0.274 e. The van der Waals surface area contributed by atoms with Crippen molar-refractivity contribution in [3.63, 3.8) is 0 Å². The number of thioether (sulfide) groups is 1. The van der Waals surface area contributed by atoms with E-state index < -0.39 is 0 Å². The van der Waals surface area contributed by atoms with Gasteiger partial charge >= 0.3 is 0 Å². The largest absolute Gasteiger partial charge is 0.497 e. The van der Waals surface area contributed by atoms with Crippen LogP contribution in [0, 0.1) is 13.8 Å². The molecular weight excluding hydrogens is 472 g/mol. The minimum Gasteiger partial charge on any atom is -0.497 e. The standard InChI is InChI=1S/C24H23ClN6O2S/c1-15-12-16(2)28-24(27-15)34-14-21-22(29-30-31(21)19-8-6-18(25)7-9-19)23(32)26-13-17-4-10-20(33-3)11-5-17/h4-12H,13-14H2,1-3H3,(H,26,32). The van der Waals surface area contributed by atoms with Crippen molar-refractivity contribution in [2.45, 2.75) is 31.3 Å². The third-order valence-corrected chi connectivity index (χ3v) is 6.07. The molecule has 0 aliphatic heterocycles. The second-order valence-electron chi connectivity index (χ2n) is 7.53. The summed E-state index contributed by atoms with van der Waals surface area (Å²) in [5.41, 5.74) is 4.36. The van der Waals surface area contributed by atoms with Gasteiger partial charge in [-0.25, -0.2) is 14.6 Å². The minimum absolute atomic E-state index is 0.250. The van der Waals surface area contributed by atoms with E-state index in [0.29, 0.717) is 28.2 Å². The Kier molecular flexibility index (Phi) is 7.44. The summed E-state index contributed by atoms with van der Waals surface area (Å²) in [5, 5.41) is 12.6. The van der Waals surface area contributed by atoms with Crippen molar-refractivity contribution in [1.29, 1.82) is 0 Å². The topological polar surface area (TPSA) is 94.8 Å². The minimum atomic E-state index is -0.312. The van der Waals surface area contributed by atoms with Crippen LogP contribution in [0.4, 0.5) is 0 Å². The van der Waals surface area contributed by atoms with Crippen molar-refractivity contribution in [2.75, 3.05) is 7.11 Å². The summed E-state index contributed by atoms with van der Waals surface area (Å²) in [6.45, 7) is 4.20. The smallest absolute Gasteiger partial charge is 0.274 e. The van der Waals surface area contributed by atoms with Crippen molar-refractivity contribution < 1.29 is 9.53 Å². The Labute approximate surface area is 206 Å². The number of aromatic nitrogens is 5. The van der Waals surface area contributed by atoms with Crippen LogP contribution in [0.5, 0.6) is 5.75 Å². The molecule has 2 heterocycles. The van der Waals surface area contributed by atoms with Gasteiger partial charge in [0, 0.05) is 28.7 Å². The van der Waals surface area contributed by atoms with Crippen molar-refractivity contribution in [2.24, 2.45) is 0 Å². The predicted octanol–water partition coefficient (Wildman–Crippen LogP) is 4.56. The second-order valence-corrected chi connectivity index (χ2v) is 8.90. The van der Waals surface area contributed by atoms with E-state index >= 15 is 0 Å². The van der Waals surface area contributed by atoms with Gasteiger partial charge in [0.2, 0.25) is 0 Å². The molecule has 0 spiro atoms. The van der Waals surface area contributed by atoms with Gasteiger partial charge in [0.1, 0.15) is 5.75 Å². The number of carbonyl (C=O) groups is 1. The van der Waals surface area contributed by atoms with Gasteiger partial charge in [-0.05, 0) is 61.9 Å². The highest BCUT2D eigenvalue weighted by Gasteiger charge is 2.21. The Balaban J connectivity index is 1.58. The number of amides is 1. The maximum atomic E-state index is 13.1. The fourth-order valence-corrected chi connectivity index (χ4v) is 4.37. The lowest BCUT2D eigenvalue weighted by atomic mass is 10.2. The van der Waals surface area contributed by atoms with E-state index in [1.54, 1.807) is 23.9 Å². The number of benzene rings is 2. The van der Waals surface area contributed by atoms with Crippen LogP contribution in [0.3, 0.4) is 0 Å². The molecule has 2 aromatic heterocycles. The quantitative estimate of drug-likeness (QED) is 0.283. The molecule has 0 fully saturated rings. The molecule has 0 aliphatic carbocycles. The Hall–Kier alpha value is -3.43. The molecule has 0 saturated heterocycles. The summed E-state index contributed by atoms with van der Waals surface area (Å²) < 4.78 is 6.83. The number of hydrogen-bond donors (Lipinski definition) is 1. The third kappa shape index (κ3) is 5.73. The number of halogens is 1. The number of aryl methyl sites for hydroxylation is 2. The van der Waals surface area contributed by atoms with Gasteiger partial charge in [0.25, 0.3) is 5.91 Å². The van der Waals surface area contributed by atoms with Crippen LogP contribution in [0.25, 0.3) is 5.69 Å². The lowest BCUT2D eigenvalue weighted by Gasteiger charge is -2.09. The summed E-state index contributed by atoms with van der Waals surface area (Å²) in [6, 6.07) is 16.6. The van der Waals surface area contributed by atoms with Gasteiger partial charge in [-0.15, -0.1) is 5.10 Å². The fourth-order valence-electron chi connectivity index (χ4n) is 3.30. The second kappa shape index (κ2) is 10.7. The molecule has 34 heavy (non-hydrogen) atoms. The Morgan fingerprint density at radius 3 is 2.38 bits per heavy atom. The number of carbonyl (C=O) groups excluding carboxylic acids is 1. The molecule has 0 saturated carbocycles. The highest BCUT2D eigenvalue weighted by molar-refractivity contribution is 7.98. The van der Waals surface area contributed by atoms with E-state index in [4.69, 9.17) is 16.3 Å². The van der Waals surface area contributed by atoms with Crippen LogP contribution < -0.4 is 10.1 Å². The van der Waals surface area contributed by atoms with Gasteiger partial charge in [-0.2, -0.15) is 0 Å². The van der Waals surface area contributed by atoms with Crippen molar-refractivity contribution in [1.82, 2.24) is 30.3 Å².